The lowest BCUT2D eigenvalue weighted by Crippen LogP contribution is -2.51. The van der Waals surface area contributed by atoms with Gasteiger partial charge < -0.3 is 26.4 Å². The van der Waals surface area contributed by atoms with E-state index in [1.807, 2.05) is 0 Å². The van der Waals surface area contributed by atoms with Gasteiger partial charge in [-0.25, -0.2) is 0 Å². The molecule has 6 nitrogen and oxygen atoms in total. The van der Waals surface area contributed by atoms with Crippen molar-refractivity contribution in [1.29, 1.82) is 0 Å². The number of aliphatic hydroxyl groups is 1. The Morgan fingerprint density at radius 1 is 1.35 bits per heavy atom. The minimum absolute atomic E-state index is 0.209. The second-order valence-electron chi connectivity index (χ2n) is 5.43. The number of amides is 1. The highest BCUT2D eigenvalue weighted by Crippen LogP contribution is 2.30. The second kappa shape index (κ2) is 5.68. The van der Waals surface area contributed by atoms with Gasteiger partial charge in [-0.3, -0.25) is 4.79 Å². The Labute approximate surface area is 117 Å². The summed E-state index contributed by atoms with van der Waals surface area (Å²) in [6, 6.07) is 3.57. The zero-order valence-corrected chi connectivity index (χ0v) is 11.2. The fourth-order valence-electron chi connectivity index (χ4n) is 2.19. The molecule has 6 N–H and O–H groups in total. The number of nitrogens with one attached hydrogen (secondary N) is 1. The lowest BCUT2D eigenvalue weighted by atomic mass is 9.80. The van der Waals surface area contributed by atoms with Crippen LogP contribution in [-0.4, -0.2) is 39.4 Å². The summed E-state index contributed by atoms with van der Waals surface area (Å²) in [5, 5.41) is 31.1. The SMILES string of the molecule is N[C@@H](Cc1ccc(O)c(O)c1)C(=O)NCC1(O)CCC1. The predicted octanol–water partition coefficient (Wildman–Crippen LogP) is -0.00120. The topological polar surface area (TPSA) is 116 Å². The van der Waals surface area contributed by atoms with Gasteiger partial charge in [-0.1, -0.05) is 6.07 Å². The number of carbonyl (C=O) groups excluding carboxylic acids is 1. The molecule has 0 radical (unpaired) electrons. The van der Waals surface area contributed by atoms with Gasteiger partial charge >= 0.3 is 0 Å². The van der Waals surface area contributed by atoms with Crippen LogP contribution in [0.1, 0.15) is 24.8 Å². The molecule has 20 heavy (non-hydrogen) atoms. The van der Waals surface area contributed by atoms with E-state index in [9.17, 15) is 20.1 Å². The number of aromatic hydroxyl groups is 2. The standard InChI is InChI=1S/C14H20N2O4/c15-10(6-9-2-3-11(17)12(18)7-9)13(19)16-8-14(20)4-1-5-14/h2-3,7,10,17-18,20H,1,4-6,8,15H2,(H,16,19)/t10-/m0/s1. The highest BCUT2D eigenvalue weighted by Gasteiger charge is 2.34. The number of benzene rings is 1. The van der Waals surface area contributed by atoms with E-state index < -0.39 is 11.6 Å². The van der Waals surface area contributed by atoms with Gasteiger partial charge in [0, 0.05) is 6.54 Å². The molecule has 0 saturated heterocycles. The van der Waals surface area contributed by atoms with Crippen molar-refractivity contribution in [2.24, 2.45) is 5.73 Å². The van der Waals surface area contributed by atoms with Crippen LogP contribution in [0.4, 0.5) is 0 Å². The van der Waals surface area contributed by atoms with Crippen molar-refractivity contribution < 1.29 is 20.1 Å². The maximum atomic E-state index is 11.8. The molecule has 0 aliphatic heterocycles. The van der Waals surface area contributed by atoms with Crippen LogP contribution in [0.5, 0.6) is 11.5 Å². The summed E-state index contributed by atoms with van der Waals surface area (Å²) in [6.45, 7) is 0.223. The molecule has 0 aromatic heterocycles. The van der Waals surface area contributed by atoms with Crippen molar-refractivity contribution in [1.82, 2.24) is 5.32 Å². The zero-order valence-electron chi connectivity index (χ0n) is 11.2. The average Bonchev–Trinajstić information content (AvgIpc) is 2.38. The molecule has 110 valence electrons. The van der Waals surface area contributed by atoms with Gasteiger partial charge in [0.25, 0.3) is 0 Å². The van der Waals surface area contributed by atoms with Gasteiger partial charge in [0.2, 0.25) is 5.91 Å². The normalized spacial score (nSPS) is 18.1. The molecule has 1 atom stereocenters. The first-order valence-corrected chi connectivity index (χ1v) is 6.66. The molecular formula is C14H20N2O4. The largest absolute Gasteiger partial charge is 0.504 e. The summed E-state index contributed by atoms with van der Waals surface area (Å²) in [5.41, 5.74) is 5.67. The van der Waals surface area contributed by atoms with Gasteiger partial charge in [0.1, 0.15) is 0 Å². The summed E-state index contributed by atoms with van der Waals surface area (Å²) >= 11 is 0. The summed E-state index contributed by atoms with van der Waals surface area (Å²) < 4.78 is 0. The molecule has 1 aromatic carbocycles. The molecular weight excluding hydrogens is 260 g/mol. The minimum Gasteiger partial charge on any atom is -0.504 e. The molecule has 1 saturated carbocycles. The van der Waals surface area contributed by atoms with Gasteiger partial charge in [0.05, 0.1) is 11.6 Å². The van der Waals surface area contributed by atoms with Crippen LogP contribution < -0.4 is 11.1 Å². The van der Waals surface area contributed by atoms with Crippen molar-refractivity contribution >= 4 is 5.91 Å². The second-order valence-corrected chi connectivity index (χ2v) is 5.43. The molecule has 1 aromatic rings. The third kappa shape index (κ3) is 3.40. The molecule has 0 unspecified atom stereocenters. The highest BCUT2D eigenvalue weighted by molar-refractivity contribution is 5.81. The number of phenols is 2. The van der Waals surface area contributed by atoms with Crippen LogP contribution in [0.25, 0.3) is 0 Å². The first kappa shape index (κ1) is 14.6. The maximum absolute atomic E-state index is 11.8. The van der Waals surface area contributed by atoms with E-state index in [0.717, 1.165) is 6.42 Å². The maximum Gasteiger partial charge on any atom is 0.237 e. The monoisotopic (exact) mass is 280 g/mol. The number of rotatable bonds is 5. The lowest BCUT2D eigenvalue weighted by molar-refractivity contribution is -0.124. The van der Waals surface area contributed by atoms with Crippen LogP contribution in [0.3, 0.4) is 0 Å². The van der Waals surface area contributed by atoms with E-state index in [2.05, 4.69) is 5.32 Å². The Morgan fingerprint density at radius 3 is 2.60 bits per heavy atom. The fraction of sp³-hybridized carbons (Fsp3) is 0.500. The van der Waals surface area contributed by atoms with Crippen LogP contribution in [-0.2, 0) is 11.2 Å². The predicted molar refractivity (Wildman–Crippen MR) is 73.3 cm³/mol. The highest BCUT2D eigenvalue weighted by atomic mass is 16.3. The molecule has 0 bridgehead atoms. The lowest BCUT2D eigenvalue weighted by Gasteiger charge is -2.36. The van der Waals surface area contributed by atoms with E-state index in [1.54, 1.807) is 6.07 Å². The molecule has 6 heteroatoms. The number of nitrogens with two attached hydrogens (primary N) is 1. The summed E-state index contributed by atoms with van der Waals surface area (Å²) in [4.78, 5) is 11.8. The fourth-order valence-corrected chi connectivity index (χ4v) is 2.19. The first-order chi connectivity index (χ1) is 9.39. The van der Waals surface area contributed by atoms with Crippen molar-refractivity contribution in [3.63, 3.8) is 0 Å². The Bertz CT molecular complexity index is 500. The molecule has 1 amide bonds. The van der Waals surface area contributed by atoms with Crippen LogP contribution in [0.2, 0.25) is 0 Å². The van der Waals surface area contributed by atoms with E-state index in [1.165, 1.54) is 12.1 Å². The van der Waals surface area contributed by atoms with Crippen molar-refractivity contribution in [2.75, 3.05) is 6.54 Å². The molecule has 0 spiro atoms. The van der Waals surface area contributed by atoms with Gasteiger partial charge in [-0.15, -0.1) is 0 Å². The van der Waals surface area contributed by atoms with Crippen molar-refractivity contribution in [3.8, 4) is 11.5 Å². The summed E-state index contributed by atoms with van der Waals surface area (Å²) in [6.07, 6.45) is 2.63. The smallest absolute Gasteiger partial charge is 0.237 e. The molecule has 1 aliphatic carbocycles. The van der Waals surface area contributed by atoms with E-state index in [0.29, 0.717) is 18.4 Å². The third-order valence-corrected chi connectivity index (χ3v) is 3.71. The first-order valence-electron chi connectivity index (χ1n) is 6.66. The Morgan fingerprint density at radius 2 is 2.05 bits per heavy atom. The van der Waals surface area contributed by atoms with E-state index in [4.69, 9.17) is 5.73 Å². The molecule has 0 heterocycles. The minimum atomic E-state index is -0.772. The number of carbonyl (C=O) groups is 1. The van der Waals surface area contributed by atoms with Gasteiger partial charge in [0.15, 0.2) is 11.5 Å². The molecule has 2 rings (SSSR count). The van der Waals surface area contributed by atoms with Crippen LogP contribution >= 0.6 is 0 Å². The summed E-state index contributed by atoms with van der Waals surface area (Å²) in [5.74, 6) is -0.782. The quantitative estimate of drug-likeness (QED) is 0.487. The average molecular weight is 280 g/mol. The summed E-state index contributed by atoms with van der Waals surface area (Å²) in [7, 11) is 0. The van der Waals surface area contributed by atoms with E-state index in [-0.39, 0.29) is 30.4 Å². The van der Waals surface area contributed by atoms with Gasteiger partial charge in [-0.2, -0.15) is 0 Å². The van der Waals surface area contributed by atoms with Crippen LogP contribution in [0, 0.1) is 0 Å². The van der Waals surface area contributed by atoms with Gasteiger partial charge in [-0.05, 0) is 43.4 Å². The molecule has 1 fully saturated rings. The van der Waals surface area contributed by atoms with Crippen molar-refractivity contribution in [3.05, 3.63) is 23.8 Å². The van der Waals surface area contributed by atoms with E-state index >= 15 is 0 Å². The number of hydrogen-bond acceptors (Lipinski definition) is 5. The Hall–Kier alpha value is -1.79. The number of hydrogen-bond donors (Lipinski definition) is 5. The molecule has 1 aliphatic rings. The third-order valence-electron chi connectivity index (χ3n) is 3.71. The zero-order chi connectivity index (χ0) is 14.8. The van der Waals surface area contributed by atoms with Crippen LogP contribution in [0.15, 0.2) is 18.2 Å². The Balaban J connectivity index is 1.85. The number of phenolic OH excluding ortho intramolecular Hbond substituents is 2. The van der Waals surface area contributed by atoms with Crippen molar-refractivity contribution in [2.45, 2.75) is 37.3 Å². The Kier molecular flexibility index (Phi) is 4.15.